The molecule has 0 amide bonds. The number of hydrogen-bond acceptors (Lipinski definition) is 0. The van der Waals surface area contributed by atoms with Crippen LogP contribution < -0.4 is 0 Å². The van der Waals surface area contributed by atoms with E-state index >= 15 is 0 Å². The fourth-order valence-electron chi connectivity index (χ4n) is 4.09. The van der Waals surface area contributed by atoms with Gasteiger partial charge in [-0.1, -0.05) is 44.5 Å². The lowest BCUT2D eigenvalue weighted by atomic mass is 9.70. The van der Waals surface area contributed by atoms with Crippen molar-refractivity contribution in [2.45, 2.75) is 52.4 Å². The number of benzene rings is 1. The summed E-state index contributed by atoms with van der Waals surface area (Å²) in [6, 6.07) is 9.12. The third-order valence-corrected chi connectivity index (χ3v) is 4.99. The Morgan fingerprint density at radius 2 is 1.65 bits per heavy atom. The first kappa shape index (κ1) is 11.3. The Kier molecular flexibility index (Phi) is 2.77. The highest BCUT2D eigenvalue weighted by atomic mass is 14.4. The first-order valence-electron chi connectivity index (χ1n) is 7.21. The lowest BCUT2D eigenvalue weighted by molar-refractivity contribution is 0.219. The molecule has 1 saturated carbocycles. The van der Waals surface area contributed by atoms with Gasteiger partial charge in [0, 0.05) is 0 Å². The largest absolute Gasteiger partial charge is 0.0620 e. The molecule has 2 aliphatic carbocycles. The van der Waals surface area contributed by atoms with Crippen molar-refractivity contribution < 1.29 is 0 Å². The van der Waals surface area contributed by atoms with Crippen LogP contribution in [0.3, 0.4) is 0 Å². The van der Waals surface area contributed by atoms with Crippen LogP contribution in [0.4, 0.5) is 0 Å². The monoisotopic (exact) mass is 228 g/mol. The van der Waals surface area contributed by atoms with Gasteiger partial charge < -0.3 is 0 Å². The van der Waals surface area contributed by atoms with Gasteiger partial charge in [0.15, 0.2) is 0 Å². The van der Waals surface area contributed by atoms with Crippen LogP contribution in [-0.2, 0) is 12.8 Å². The van der Waals surface area contributed by atoms with Gasteiger partial charge in [0.05, 0.1) is 0 Å². The molecule has 0 bridgehead atoms. The van der Waals surface area contributed by atoms with Crippen LogP contribution in [0.5, 0.6) is 0 Å². The van der Waals surface area contributed by atoms with E-state index in [0.717, 1.165) is 11.8 Å². The van der Waals surface area contributed by atoms with Gasteiger partial charge in [-0.2, -0.15) is 0 Å². The molecule has 92 valence electrons. The Labute approximate surface area is 105 Å². The molecular formula is C17H24. The van der Waals surface area contributed by atoms with Crippen molar-refractivity contribution >= 4 is 0 Å². The summed E-state index contributed by atoms with van der Waals surface area (Å²) < 4.78 is 0. The van der Waals surface area contributed by atoms with Crippen molar-refractivity contribution in [1.29, 1.82) is 0 Å². The van der Waals surface area contributed by atoms with Crippen LogP contribution in [-0.4, -0.2) is 0 Å². The minimum Gasteiger partial charge on any atom is -0.0620 e. The fourth-order valence-corrected chi connectivity index (χ4v) is 4.09. The molecule has 2 aliphatic rings. The molecule has 1 aromatic rings. The SMILES string of the molecule is CC1(C)CCCC2Cc3ccccc3CC2C1. The average Bonchev–Trinajstić information content (AvgIpc) is 2.42. The van der Waals surface area contributed by atoms with E-state index in [1.165, 1.54) is 38.5 Å². The number of fused-ring (bicyclic) bond motifs is 2. The van der Waals surface area contributed by atoms with E-state index in [9.17, 15) is 0 Å². The molecule has 0 N–H and O–H groups in total. The highest BCUT2D eigenvalue weighted by molar-refractivity contribution is 5.30. The van der Waals surface area contributed by atoms with E-state index in [1.807, 2.05) is 0 Å². The molecule has 0 aliphatic heterocycles. The van der Waals surface area contributed by atoms with E-state index in [2.05, 4.69) is 38.1 Å². The van der Waals surface area contributed by atoms with Crippen molar-refractivity contribution in [1.82, 2.24) is 0 Å². The minimum atomic E-state index is 0.575. The maximum Gasteiger partial charge on any atom is -0.0245 e. The van der Waals surface area contributed by atoms with E-state index in [-0.39, 0.29) is 0 Å². The molecule has 3 rings (SSSR count). The van der Waals surface area contributed by atoms with Gasteiger partial charge in [0.1, 0.15) is 0 Å². The topological polar surface area (TPSA) is 0 Å². The molecule has 1 aromatic carbocycles. The molecule has 17 heavy (non-hydrogen) atoms. The van der Waals surface area contributed by atoms with E-state index in [0.29, 0.717) is 5.41 Å². The standard InChI is InChI=1S/C17H24/c1-17(2)9-5-8-15-10-13-6-3-4-7-14(13)11-16(15)12-17/h3-4,6-7,15-16H,5,8-12H2,1-2H3. The van der Waals surface area contributed by atoms with Crippen LogP contribution in [0.2, 0.25) is 0 Å². The average molecular weight is 228 g/mol. The van der Waals surface area contributed by atoms with Gasteiger partial charge >= 0.3 is 0 Å². The van der Waals surface area contributed by atoms with Crippen molar-refractivity contribution in [2.24, 2.45) is 17.3 Å². The van der Waals surface area contributed by atoms with E-state index in [1.54, 1.807) is 11.1 Å². The summed E-state index contributed by atoms with van der Waals surface area (Å²) in [4.78, 5) is 0. The van der Waals surface area contributed by atoms with Crippen molar-refractivity contribution in [3.8, 4) is 0 Å². The van der Waals surface area contributed by atoms with Gasteiger partial charge in [-0.25, -0.2) is 0 Å². The summed E-state index contributed by atoms with van der Waals surface area (Å²) in [7, 11) is 0. The Morgan fingerprint density at radius 3 is 2.35 bits per heavy atom. The van der Waals surface area contributed by atoms with E-state index < -0.39 is 0 Å². The van der Waals surface area contributed by atoms with Crippen molar-refractivity contribution in [2.75, 3.05) is 0 Å². The minimum absolute atomic E-state index is 0.575. The van der Waals surface area contributed by atoms with Crippen molar-refractivity contribution in [3.05, 3.63) is 35.4 Å². The second-order valence-electron chi connectivity index (χ2n) is 6.96. The van der Waals surface area contributed by atoms with Gasteiger partial charge in [-0.05, 0) is 60.5 Å². The van der Waals surface area contributed by atoms with Gasteiger partial charge in [0.2, 0.25) is 0 Å². The molecule has 0 radical (unpaired) electrons. The summed E-state index contributed by atoms with van der Waals surface area (Å²) in [5.74, 6) is 1.91. The number of rotatable bonds is 0. The van der Waals surface area contributed by atoms with Crippen LogP contribution in [0.15, 0.2) is 24.3 Å². The predicted molar refractivity (Wildman–Crippen MR) is 73.1 cm³/mol. The van der Waals surface area contributed by atoms with Crippen LogP contribution in [0.1, 0.15) is 50.7 Å². The normalized spacial score (nSPS) is 31.2. The highest BCUT2D eigenvalue weighted by Gasteiger charge is 2.35. The quantitative estimate of drug-likeness (QED) is 0.608. The fraction of sp³-hybridized carbons (Fsp3) is 0.647. The molecule has 0 nitrogen and oxygen atoms in total. The molecule has 0 heterocycles. The second kappa shape index (κ2) is 4.15. The maximum atomic E-state index is 2.47. The maximum absolute atomic E-state index is 2.47. The molecule has 2 atom stereocenters. The summed E-state index contributed by atoms with van der Waals surface area (Å²) in [6.07, 6.45) is 8.45. The van der Waals surface area contributed by atoms with Crippen LogP contribution in [0.25, 0.3) is 0 Å². The smallest absolute Gasteiger partial charge is 0.0245 e. The Morgan fingerprint density at radius 1 is 1.00 bits per heavy atom. The summed E-state index contributed by atoms with van der Waals surface area (Å²) >= 11 is 0. The molecule has 2 unspecified atom stereocenters. The Hall–Kier alpha value is -0.780. The third-order valence-electron chi connectivity index (χ3n) is 4.99. The molecule has 0 saturated heterocycles. The Balaban J connectivity index is 1.87. The van der Waals surface area contributed by atoms with Crippen LogP contribution in [0, 0.1) is 17.3 Å². The zero-order chi connectivity index (χ0) is 11.9. The zero-order valence-electron chi connectivity index (χ0n) is 11.2. The molecule has 1 fully saturated rings. The molecule has 0 heteroatoms. The summed E-state index contributed by atoms with van der Waals surface area (Å²) in [5.41, 5.74) is 3.84. The van der Waals surface area contributed by atoms with Gasteiger partial charge in [-0.15, -0.1) is 0 Å². The molecular weight excluding hydrogens is 204 g/mol. The second-order valence-corrected chi connectivity index (χ2v) is 6.96. The first-order valence-corrected chi connectivity index (χ1v) is 7.21. The molecule has 0 aromatic heterocycles. The Bertz CT molecular complexity index is 402. The van der Waals surface area contributed by atoms with Gasteiger partial charge in [-0.3, -0.25) is 0 Å². The first-order chi connectivity index (χ1) is 8.14. The zero-order valence-corrected chi connectivity index (χ0v) is 11.2. The summed E-state index contributed by atoms with van der Waals surface area (Å²) in [6.45, 7) is 4.94. The lowest BCUT2D eigenvalue weighted by Crippen LogP contribution is -2.27. The lowest BCUT2D eigenvalue weighted by Gasteiger charge is -2.35. The van der Waals surface area contributed by atoms with Crippen molar-refractivity contribution in [3.63, 3.8) is 0 Å². The van der Waals surface area contributed by atoms with Gasteiger partial charge in [0.25, 0.3) is 0 Å². The van der Waals surface area contributed by atoms with E-state index in [4.69, 9.17) is 0 Å². The number of hydrogen-bond donors (Lipinski definition) is 0. The molecule has 0 spiro atoms. The van der Waals surface area contributed by atoms with Crippen LogP contribution >= 0.6 is 0 Å². The highest BCUT2D eigenvalue weighted by Crippen LogP contribution is 2.44. The third kappa shape index (κ3) is 2.27. The summed E-state index contributed by atoms with van der Waals surface area (Å²) in [5, 5.41) is 0. The predicted octanol–water partition coefficient (Wildman–Crippen LogP) is 4.62.